The molecule has 2 nitrogen and oxygen atoms in total. The van der Waals surface area contributed by atoms with E-state index >= 15 is 0 Å². The standard InChI is InChI=1S/C16H16BrClO2/c1-10(2)20-15-5-3-11(4-6-15)16(19)12-7-13(17)9-14(18)8-12/h3-10,16,19H,1-2H3. The molecule has 2 aromatic carbocycles. The highest BCUT2D eigenvalue weighted by atomic mass is 79.9. The molecular weight excluding hydrogens is 340 g/mol. The molecule has 0 aromatic heterocycles. The number of aliphatic hydroxyl groups is 1. The van der Waals surface area contributed by atoms with Gasteiger partial charge in [0.25, 0.3) is 0 Å². The van der Waals surface area contributed by atoms with Crippen molar-refractivity contribution in [2.75, 3.05) is 0 Å². The van der Waals surface area contributed by atoms with Crippen LogP contribution in [-0.4, -0.2) is 11.2 Å². The summed E-state index contributed by atoms with van der Waals surface area (Å²) in [6.07, 6.45) is -0.576. The molecule has 1 unspecified atom stereocenters. The Morgan fingerprint density at radius 2 is 1.70 bits per heavy atom. The van der Waals surface area contributed by atoms with Crippen LogP contribution in [0.25, 0.3) is 0 Å². The van der Waals surface area contributed by atoms with E-state index < -0.39 is 6.10 Å². The molecule has 20 heavy (non-hydrogen) atoms. The summed E-state index contributed by atoms with van der Waals surface area (Å²) in [5.74, 6) is 0.795. The minimum absolute atomic E-state index is 0.134. The summed E-state index contributed by atoms with van der Waals surface area (Å²) >= 11 is 9.38. The van der Waals surface area contributed by atoms with Gasteiger partial charge in [-0.1, -0.05) is 39.7 Å². The van der Waals surface area contributed by atoms with E-state index in [1.54, 1.807) is 12.1 Å². The number of halogens is 2. The Bertz CT molecular complexity index is 561. The van der Waals surface area contributed by atoms with Gasteiger partial charge in [0.05, 0.1) is 6.10 Å². The number of benzene rings is 2. The van der Waals surface area contributed by atoms with Crippen LogP contribution in [0.2, 0.25) is 5.02 Å². The molecule has 2 aromatic rings. The van der Waals surface area contributed by atoms with Gasteiger partial charge in [-0.3, -0.25) is 0 Å². The summed E-state index contributed by atoms with van der Waals surface area (Å²) in [5, 5.41) is 11.0. The Labute approximate surface area is 132 Å². The van der Waals surface area contributed by atoms with Gasteiger partial charge in [-0.05, 0) is 55.3 Å². The van der Waals surface area contributed by atoms with E-state index in [-0.39, 0.29) is 6.10 Å². The van der Waals surface area contributed by atoms with Crippen LogP contribution >= 0.6 is 27.5 Å². The van der Waals surface area contributed by atoms with Crippen LogP contribution in [0.5, 0.6) is 5.75 Å². The van der Waals surface area contributed by atoms with Crippen molar-refractivity contribution in [3.8, 4) is 5.75 Å². The fourth-order valence-corrected chi connectivity index (χ4v) is 2.81. The summed E-state index contributed by atoms with van der Waals surface area (Å²) < 4.78 is 6.43. The molecular formula is C16H16BrClO2. The first-order valence-corrected chi connectivity index (χ1v) is 7.53. The molecule has 0 aliphatic rings. The molecule has 1 N–H and O–H groups in total. The largest absolute Gasteiger partial charge is 0.491 e. The van der Waals surface area contributed by atoms with Crippen LogP contribution in [0.1, 0.15) is 31.1 Å². The Hall–Kier alpha value is -1.03. The van der Waals surface area contributed by atoms with Crippen LogP contribution in [-0.2, 0) is 0 Å². The normalized spacial score (nSPS) is 12.5. The van der Waals surface area contributed by atoms with Crippen molar-refractivity contribution in [2.24, 2.45) is 0 Å². The molecule has 0 aliphatic carbocycles. The third-order valence-electron chi connectivity index (χ3n) is 2.77. The molecule has 4 heteroatoms. The molecule has 2 rings (SSSR count). The van der Waals surface area contributed by atoms with Crippen LogP contribution in [0.3, 0.4) is 0 Å². The lowest BCUT2D eigenvalue weighted by molar-refractivity contribution is 0.219. The average molecular weight is 356 g/mol. The first kappa shape index (κ1) is 15.4. The SMILES string of the molecule is CC(C)Oc1ccc(C(O)c2cc(Cl)cc(Br)c2)cc1. The fourth-order valence-electron chi connectivity index (χ4n) is 1.93. The minimum Gasteiger partial charge on any atom is -0.491 e. The summed E-state index contributed by atoms with van der Waals surface area (Å²) in [5.41, 5.74) is 1.55. The van der Waals surface area contributed by atoms with Crippen molar-refractivity contribution in [1.29, 1.82) is 0 Å². The molecule has 0 heterocycles. The molecule has 0 saturated heterocycles. The van der Waals surface area contributed by atoms with Gasteiger partial charge in [0.2, 0.25) is 0 Å². The highest BCUT2D eigenvalue weighted by Crippen LogP contribution is 2.29. The Kier molecular flexibility index (Phi) is 5.08. The number of ether oxygens (including phenoxy) is 1. The van der Waals surface area contributed by atoms with Gasteiger partial charge in [0.1, 0.15) is 11.9 Å². The lowest BCUT2D eigenvalue weighted by Gasteiger charge is -2.14. The highest BCUT2D eigenvalue weighted by molar-refractivity contribution is 9.10. The zero-order chi connectivity index (χ0) is 14.7. The van der Waals surface area contributed by atoms with Gasteiger partial charge in [0.15, 0.2) is 0 Å². The predicted molar refractivity (Wildman–Crippen MR) is 85.4 cm³/mol. The summed E-state index contributed by atoms with van der Waals surface area (Å²) in [6.45, 7) is 3.96. The van der Waals surface area contributed by atoms with Gasteiger partial charge < -0.3 is 9.84 Å². The van der Waals surface area contributed by atoms with Gasteiger partial charge in [-0.25, -0.2) is 0 Å². The number of hydrogen-bond acceptors (Lipinski definition) is 2. The zero-order valence-electron chi connectivity index (χ0n) is 11.3. The van der Waals surface area contributed by atoms with Crippen molar-refractivity contribution in [3.05, 3.63) is 63.1 Å². The second kappa shape index (κ2) is 6.61. The lowest BCUT2D eigenvalue weighted by Crippen LogP contribution is -2.06. The number of rotatable bonds is 4. The maximum Gasteiger partial charge on any atom is 0.119 e. The fraction of sp³-hybridized carbons (Fsp3) is 0.250. The molecule has 0 radical (unpaired) electrons. The monoisotopic (exact) mass is 354 g/mol. The third-order valence-corrected chi connectivity index (χ3v) is 3.44. The number of hydrogen-bond donors (Lipinski definition) is 1. The van der Waals surface area contributed by atoms with Crippen LogP contribution in [0, 0.1) is 0 Å². The van der Waals surface area contributed by atoms with Crippen molar-refractivity contribution in [1.82, 2.24) is 0 Å². The summed E-state index contributed by atoms with van der Waals surface area (Å²) in [4.78, 5) is 0. The van der Waals surface area contributed by atoms with E-state index in [9.17, 15) is 5.11 Å². The Balaban J connectivity index is 2.22. The first-order valence-electron chi connectivity index (χ1n) is 6.36. The van der Waals surface area contributed by atoms with Gasteiger partial charge in [-0.15, -0.1) is 0 Å². The minimum atomic E-state index is -0.710. The molecule has 0 fully saturated rings. The highest BCUT2D eigenvalue weighted by Gasteiger charge is 2.12. The second-order valence-electron chi connectivity index (χ2n) is 4.84. The predicted octanol–water partition coefficient (Wildman–Crippen LogP) is 4.97. The van der Waals surface area contributed by atoms with Crippen molar-refractivity contribution in [3.63, 3.8) is 0 Å². The molecule has 1 atom stereocenters. The second-order valence-corrected chi connectivity index (χ2v) is 6.19. The Morgan fingerprint density at radius 3 is 2.25 bits per heavy atom. The molecule has 0 aliphatic heterocycles. The molecule has 0 amide bonds. The topological polar surface area (TPSA) is 29.5 Å². The molecule has 0 bridgehead atoms. The summed E-state index contributed by atoms with van der Waals surface area (Å²) in [6, 6.07) is 12.8. The van der Waals surface area contributed by atoms with Gasteiger partial charge in [-0.2, -0.15) is 0 Å². The van der Waals surface area contributed by atoms with Crippen molar-refractivity contribution in [2.45, 2.75) is 26.1 Å². The molecule has 0 saturated carbocycles. The quantitative estimate of drug-likeness (QED) is 0.839. The third kappa shape index (κ3) is 3.98. The van der Waals surface area contributed by atoms with Gasteiger partial charge >= 0.3 is 0 Å². The lowest BCUT2D eigenvalue weighted by atomic mass is 10.0. The van der Waals surface area contributed by atoms with E-state index in [1.165, 1.54) is 0 Å². The van der Waals surface area contributed by atoms with Crippen molar-refractivity contribution >= 4 is 27.5 Å². The van der Waals surface area contributed by atoms with Crippen molar-refractivity contribution < 1.29 is 9.84 Å². The van der Waals surface area contributed by atoms with Gasteiger partial charge in [0, 0.05) is 9.50 Å². The van der Waals surface area contributed by atoms with E-state index in [0.29, 0.717) is 5.02 Å². The average Bonchev–Trinajstić information content (AvgIpc) is 2.37. The van der Waals surface area contributed by atoms with E-state index in [1.807, 2.05) is 44.2 Å². The maximum atomic E-state index is 10.4. The smallest absolute Gasteiger partial charge is 0.119 e. The zero-order valence-corrected chi connectivity index (χ0v) is 13.6. The molecule has 106 valence electrons. The van der Waals surface area contributed by atoms with E-state index in [0.717, 1.165) is 21.3 Å². The Morgan fingerprint density at radius 1 is 1.05 bits per heavy atom. The van der Waals surface area contributed by atoms with Crippen LogP contribution < -0.4 is 4.74 Å². The van der Waals surface area contributed by atoms with Crippen LogP contribution in [0.4, 0.5) is 0 Å². The maximum absolute atomic E-state index is 10.4. The summed E-state index contributed by atoms with van der Waals surface area (Å²) in [7, 11) is 0. The van der Waals surface area contributed by atoms with Crippen LogP contribution in [0.15, 0.2) is 46.9 Å². The molecule has 0 spiro atoms. The number of aliphatic hydroxyl groups excluding tert-OH is 1. The van der Waals surface area contributed by atoms with E-state index in [2.05, 4.69) is 15.9 Å². The van der Waals surface area contributed by atoms with E-state index in [4.69, 9.17) is 16.3 Å². The first-order chi connectivity index (χ1) is 9.45.